The number of allylic oxidation sites excluding steroid dienone is 5. The van der Waals surface area contributed by atoms with Gasteiger partial charge in [0.15, 0.2) is 31.5 Å². The maximum Gasteiger partial charge on any atom is 0.188 e. The minimum Gasteiger partial charge on any atom is -0.394 e. The molecule has 0 aromatic carbocycles. The van der Waals surface area contributed by atoms with E-state index in [1.54, 1.807) is 6.92 Å². The summed E-state index contributed by atoms with van der Waals surface area (Å²) in [5.41, 5.74) is 1.99. The minimum atomic E-state index is -1.84. The first-order valence-electron chi connectivity index (χ1n) is 25.5. The fourth-order valence-corrected chi connectivity index (χ4v) is 9.24. The highest BCUT2D eigenvalue weighted by Gasteiger charge is 2.54. The monoisotopic (exact) mass is 1080 g/mol. The predicted molar refractivity (Wildman–Crippen MR) is 257 cm³/mol. The smallest absolute Gasteiger partial charge is 0.188 e. The van der Waals surface area contributed by atoms with Crippen LogP contribution < -0.4 is 0 Å². The fraction of sp³-hybridized carbons (Fsp3) is 0.840. The van der Waals surface area contributed by atoms with E-state index in [2.05, 4.69) is 18.7 Å². The molecule has 5 fully saturated rings. The third kappa shape index (κ3) is 16.3. The van der Waals surface area contributed by atoms with Gasteiger partial charge in [0.05, 0.1) is 44.2 Å². The van der Waals surface area contributed by atoms with Gasteiger partial charge in [-0.2, -0.15) is 0 Å². The van der Waals surface area contributed by atoms with E-state index in [4.69, 9.17) is 47.4 Å². The Morgan fingerprint density at radius 3 is 1.47 bits per heavy atom. The number of ether oxygens (including phenoxy) is 10. The van der Waals surface area contributed by atoms with Crippen LogP contribution in [0, 0.1) is 0 Å². The lowest BCUT2D eigenvalue weighted by Gasteiger charge is -2.47. The fourth-order valence-electron chi connectivity index (χ4n) is 9.24. The first-order valence-corrected chi connectivity index (χ1v) is 25.5. The molecule has 26 atom stereocenters. The topological polar surface area (TPSA) is 396 Å². The van der Waals surface area contributed by atoms with Gasteiger partial charge in [-0.1, -0.05) is 41.0 Å². The van der Waals surface area contributed by atoms with E-state index in [1.165, 1.54) is 19.9 Å². The van der Waals surface area contributed by atoms with Crippen molar-refractivity contribution in [2.75, 3.05) is 26.4 Å². The Kier molecular flexibility index (Phi) is 24.6. The molecule has 5 rings (SSSR count). The standard InChI is InChI=1S/C50H84O25/c1-8-50(7,75-49-44(38(61)33(56)28(19-52)71-49)74-47-40(63)36(59)32(55)27(18-51)70-47)17-11-16-23(3)13-9-12-22(2)14-10-15-24(4)20-66-46-42(65)43(31(54)26(6)69-46)73-48-41(64)37(60)34(57)29(72-48)21-67-45-39(62)35(58)30(53)25(5)68-45/h8,12,15-16,25-49,51-65H,1,9-11,13-14,17-21H2,2-7H3/b22-12+,23-16+,24-15+/t25-,26-,27+,28+,29+,30-,31-,32+,33+,34+,35+,36-,37-,38-,39+,40+,41+,42+,43+,44+,45+,46+,47-,48-,49-,50?/m0/s1. The minimum absolute atomic E-state index is 0.0463. The summed E-state index contributed by atoms with van der Waals surface area (Å²) >= 11 is 0. The zero-order valence-corrected chi connectivity index (χ0v) is 43.3. The second-order valence-electron chi connectivity index (χ2n) is 20.5. The van der Waals surface area contributed by atoms with Crippen molar-refractivity contribution in [1.29, 1.82) is 0 Å². The quantitative estimate of drug-likeness (QED) is 0.0413. The maximum absolute atomic E-state index is 11.3. The lowest BCUT2D eigenvalue weighted by molar-refractivity contribution is -0.375. The van der Waals surface area contributed by atoms with Crippen LogP contribution in [0.1, 0.15) is 80.1 Å². The molecule has 434 valence electrons. The summed E-state index contributed by atoms with van der Waals surface area (Å²) in [6.45, 7) is 12.6. The highest BCUT2D eigenvalue weighted by Crippen LogP contribution is 2.35. The highest BCUT2D eigenvalue weighted by molar-refractivity contribution is 5.08. The molecular formula is C50H84O25. The van der Waals surface area contributed by atoms with Gasteiger partial charge >= 0.3 is 0 Å². The van der Waals surface area contributed by atoms with Crippen molar-refractivity contribution in [3.05, 3.63) is 47.6 Å². The lowest BCUT2D eigenvalue weighted by atomic mass is 9.95. The van der Waals surface area contributed by atoms with Crippen LogP contribution in [0.5, 0.6) is 0 Å². The Bertz CT molecular complexity index is 1840. The number of hydrogen-bond acceptors (Lipinski definition) is 25. The second-order valence-corrected chi connectivity index (χ2v) is 20.5. The van der Waals surface area contributed by atoms with Gasteiger partial charge in [-0.15, -0.1) is 6.58 Å². The van der Waals surface area contributed by atoms with Crippen molar-refractivity contribution in [2.24, 2.45) is 0 Å². The van der Waals surface area contributed by atoms with Gasteiger partial charge in [0.1, 0.15) is 110 Å². The first-order chi connectivity index (χ1) is 35.4. The van der Waals surface area contributed by atoms with Gasteiger partial charge < -0.3 is 124 Å². The third-order valence-electron chi connectivity index (χ3n) is 14.4. The van der Waals surface area contributed by atoms with E-state index in [0.29, 0.717) is 19.3 Å². The van der Waals surface area contributed by atoms with Crippen LogP contribution in [0.4, 0.5) is 0 Å². The summed E-state index contributed by atoms with van der Waals surface area (Å²) in [5, 5.41) is 157. The Hall–Kier alpha value is -2.04. The molecule has 0 aliphatic carbocycles. The van der Waals surface area contributed by atoms with Gasteiger partial charge in [-0.25, -0.2) is 0 Å². The van der Waals surface area contributed by atoms with E-state index >= 15 is 0 Å². The Morgan fingerprint density at radius 2 is 0.907 bits per heavy atom. The Labute approximate surface area is 436 Å². The Balaban J connectivity index is 1.06. The van der Waals surface area contributed by atoms with Crippen LogP contribution in [0.15, 0.2) is 47.6 Å². The van der Waals surface area contributed by atoms with E-state index in [0.717, 1.165) is 36.0 Å². The summed E-state index contributed by atoms with van der Waals surface area (Å²) in [6, 6.07) is 0. The Morgan fingerprint density at radius 1 is 0.467 bits per heavy atom. The van der Waals surface area contributed by atoms with Crippen LogP contribution in [0.25, 0.3) is 0 Å². The van der Waals surface area contributed by atoms with E-state index in [1.807, 2.05) is 26.8 Å². The zero-order valence-electron chi connectivity index (χ0n) is 43.3. The van der Waals surface area contributed by atoms with Crippen LogP contribution >= 0.6 is 0 Å². The molecule has 5 saturated heterocycles. The molecule has 15 N–H and O–H groups in total. The molecule has 0 amide bonds. The molecule has 0 aromatic heterocycles. The van der Waals surface area contributed by atoms with Crippen molar-refractivity contribution >= 4 is 0 Å². The van der Waals surface area contributed by atoms with Gasteiger partial charge in [0.25, 0.3) is 0 Å². The number of rotatable bonds is 24. The van der Waals surface area contributed by atoms with Crippen LogP contribution in [-0.2, 0) is 47.4 Å². The maximum atomic E-state index is 11.3. The molecule has 25 heteroatoms. The molecule has 0 bridgehead atoms. The molecule has 1 unspecified atom stereocenters. The highest BCUT2D eigenvalue weighted by atomic mass is 16.8. The lowest BCUT2D eigenvalue weighted by Crippen LogP contribution is -2.65. The van der Waals surface area contributed by atoms with Gasteiger partial charge in [0, 0.05) is 0 Å². The number of hydrogen-bond donors (Lipinski definition) is 15. The van der Waals surface area contributed by atoms with E-state index in [-0.39, 0.29) is 6.61 Å². The molecule has 0 aromatic rings. The number of aliphatic hydroxyl groups is 15. The molecule has 0 spiro atoms. The van der Waals surface area contributed by atoms with E-state index in [9.17, 15) is 76.6 Å². The molecule has 5 heterocycles. The summed E-state index contributed by atoms with van der Waals surface area (Å²) < 4.78 is 57.5. The molecule has 25 nitrogen and oxygen atoms in total. The van der Waals surface area contributed by atoms with Gasteiger partial charge in [-0.3, -0.25) is 0 Å². The molecule has 0 radical (unpaired) electrons. The van der Waals surface area contributed by atoms with Crippen LogP contribution in [0.3, 0.4) is 0 Å². The summed E-state index contributed by atoms with van der Waals surface area (Å²) in [7, 11) is 0. The van der Waals surface area contributed by atoms with Crippen molar-refractivity contribution in [3.63, 3.8) is 0 Å². The molecule has 5 aliphatic heterocycles. The predicted octanol–water partition coefficient (Wildman–Crippen LogP) is -3.73. The third-order valence-corrected chi connectivity index (χ3v) is 14.4. The summed E-state index contributed by atoms with van der Waals surface area (Å²) in [5.74, 6) is 0. The van der Waals surface area contributed by atoms with Crippen molar-refractivity contribution in [1.82, 2.24) is 0 Å². The average Bonchev–Trinajstić information content (AvgIpc) is 3.38. The zero-order chi connectivity index (χ0) is 55.6. The molecular weight excluding hydrogens is 1000 g/mol. The molecule has 5 aliphatic rings. The average molecular weight is 1090 g/mol. The molecule has 75 heavy (non-hydrogen) atoms. The van der Waals surface area contributed by atoms with Gasteiger partial charge in [0.2, 0.25) is 0 Å². The summed E-state index contributed by atoms with van der Waals surface area (Å²) in [4.78, 5) is 0. The molecule has 0 saturated carbocycles. The van der Waals surface area contributed by atoms with Crippen LogP contribution in [-0.4, -0.2) is 262 Å². The van der Waals surface area contributed by atoms with E-state index < -0.39 is 179 Å². The van der Waals surface area contributed by atoms with Crippen molar-refractivity contribution in [2.45, 2.75) is 239 Å². The SMILES string of the molecule is C=CC(C)(CC/C=C(\C)CC/C=C(\C)CC/C=C(\C)CO[C@@H]1O[C@@H](C)[C@H](O)[C@@H](O[C@@H]2O[C@H](CO[C@@H]3O[C@@H](C)[C@H](O)[C@@H](O)[C@H]3O)[C@@H](O)[C@H](O)[C@H]2O)[C@H]1O)O[C@@H]1O[C@H](CO)[C@@H](O)[C@H](O)[C@H]1O[C@@H]1O[C@H](CO)[C@@H](O)[C@H](O)[C@H]1O. The summed E-state index contributed by atoms with van der Waals surface area (Å²) in [6.07, 6.45) is -26.3. The largest absolute Gasteiger partial charge is 0.394 e. The van der Waals surface area contributed by atoms with Gasteiger partial charge in [-0.05, 0) is 80.1 Å². The van der Waals surface area contributed by atoms with Crippen LogP contribution in [0.2, 0.25) is 0 Å². The van der Waals surface area contributed by atoms with Crippen molar-refractivity contribution < 1.29 is 124 Å². The second kappa shape index (κ2) is 28.9. The number of aliphatic hydroxyl groups excluding tert-OH is 15. The normalized spacial score (nSPS) is 44.3. The van der Waals surface area contributed by atoms with Crippen molar-refractivity contribution in [3.8, 4) is 0 Å². The first kappa shape index (κ1) is 63.8.